The number of likely N-dealkylation sites (N-methyl/N-ethyl adjacent to an activating group) is 1. The van der Waals surface area contributed by atoms with Crippen LogP contribution in [0.25, 0.3) is 0 Å². The standard InChI is InChI=1S/C26H34N4O4S2/c1-28-17-12-21-22(18-28)35-25(23(21)26(32)29-13-4-2-5-14-29)27-24(31)19-8-10-20(11-9-19)36(33,34)30-15-6-3-7-16-30/h8-11H,2-7,12-18H2,1H3,(H,27,31). The Hall–Kier alpha value is -2.27. The molecule has 1 aromatic heterocycles. The molecule has 0 saturated carbocycles. The number of thiophene rings is 1. The predicted molar refractivity (Wildman–Crippen MR) is 141 cm³/mol. The van der Waals surface area contributed by atoms with Gasteiger partial charge >= 0.3 is 0 Å². The molecule has 36 heavy (non-hydrogen) atoms. The van der Waals surface area contributed by atoms with Crippen molar-refractivity contribution in [2.45, 2.75) is 56.4 Å². The normalized spacial score (nSPS) is 19.6. The predicted octanol–water partition coefficient (Wildman–Crippen LogP) is 3.79. The fraction of sp³-hybridized carbons (Fsp3) is 0.538. The van der Waals surface area contributed by atoms with E-state index < -0.39 is 10.0 Å². The molecule has 2 aromatic rings. The van der Waals surface area contributed by atoms with Gasteiger partial charge in [0.2, 0.25) is 10.0 Å². The number of likely N-dealkylation sites (tertiary alicyclic amines) is 1. The third-order valence-corrected chi connectivity index (χ3v) is 10.4. The summed E-state index contributed by atoms with van der Waals surface area (Å²) in [5.41, 5.74) is 2.07. The van der Waals surface area contributed by atoms with Crippen LogP contribution in [-0.4, -0.2) is 74.1 Å². The van der Waals surface area contributed by atoms with E-state index in [-0.39, 0.29) is 16.7 Å². The van der Waals surface area contributed by atoms with Crippen LogP contribution in [-0.2, 0) is 23.0 Å². The van der Waals surface area contributed by atoms with Crippen LogP contribution in [0, 0.1) is 0 Å². The first-order valence-electron chi connectivity index (χ1n) is 12.9. The second kappa shape index (κ2) is 10.6. The van der Waals surface area contributed by atoms with Gasteiger partial charge in [0.1, 0.15) is 5.00 Å². The Morgan fingerprint density at radius 2 is 1.53 bits per heavy atom. The molecule has 0 atom stereocenters. The van der Waals surface area contributed by atoms with E-state index in [4.69, 9.17) is 0 Å². The Bertz CT molecular complexity index is 1230. The number of sulfonamides is 1. The minimum Gasteiger partial charge on any atom is -0.339 e. The Kier molecular flexibility index (Phi) is 7.48. The first kappa shape index (κ1) is 25.4. The summed E-state index contributed by atoms with van der Waals surface area (Å²) in [5, 5.41) is 3.59. The average molecular weight is 531 g/mol. The molecule has 3 aliphatic heterocycles. The number of benzene rings is 1. The number of amides is 2. The van der Waals surface area contributed by atoms with Gasteiger partial charge in [0.15, 0.2) is 0 Å². The third kappa shape index (κ3) is 5.09. The minimum atomic E-state index is -3.55. The zero-order chi connectivity index (χ0) is 25.3. The number of fused-ring (bicyclic) bond motifs is 1. The van der Waals surface area contributed by atoms with Crippen LogP contribution in [0.3, 0.4) is 0 Å². The first-order chi connectivity index (χ1) is 17.3. The van der Waals surface area contributed by atoms with E-state index in [0.29, 0.717) is 29.2 Å². The lowest BCUT2D eigenvalue weighted by molar-refractivity contribution is 0.0724. The summed E-state index contributed by atoms with van der Waals surface area (Å²) in [5.74, 6) is -0.327. The lowest BCUT2D eigenvalue weighted by Gasteiger charge is -2.28. The zero-order valence-corrected chi connectivity index (χ0v) is 22.4. The molecular weight excluding hydrogens is 496 g/mol. The van der Waals surface area contributed by atoms with Crippen molar-refractivity contribution >= 4 is 38.2 Å². The molecule has 4 heterocycles. The van der Waals surface area contributed by atoms with Gasteiger partial charge < -0.3 is 15.1 Å². The number of hydrogen-bond acceptors (Lipinski definition) is 6. The summed E-state index contributed by atoms with van der Waals surface area (Å²) in [6.07, 6.45) is 6.75. The summed E-state index contributed by atoms with van der Waals surface area (Å²) in [7, 11) is -1.49. The van der Waals surface area contributed by atoms with Crippen molar-refractivity contribution < 1.29 is 18.0 Å². The second-order valence-electron chi connectivity index (χ2n) is 9.99. The number of rotatable bonds is 5. The maximum atomic E-state index is 13.6. The van der Waals surface area contributed by atoms with Gasteiger partial charge in [0.05, 0.1) is 10.5 Å². The molecule has 0 radical (unpaired) electrons. The molecule has 1 aromatic carbocycles. The number of carbonyl (C=O) groups is 2. The highest BCUT2D eigenvalue weighted by Crippen LogP contribution is 2.38. The van der Waals surface area contributed by atoms with Crippen LogP contribution in [0.1, 0.15) is 69.7 Å². The molecule has 10 heteroatoms. The fourth-order valence-electron chi connectivity index (χ4n) is 5.31. The Balaban J connectivity index is 1.38. The smallest absolute Gasteiger partial charge is 0.257 e. The van der Waals surface area contributed by atoms with Gasteiger partial charge in [-0.05, 0) is 75.4 Å². The SMILES string of the molecule is CN1CCc2c(sc(NC(=O)c3ccc(S(=O)(=O)N4CCCCC4)cc3)c2C(=O)N2CCCCC2)C1. The molecule has 2 saturated heterocycles. The van der Waals surface area contributed by atoms with Crippen LogP contribution in [0.4, 0.5) is 5.00 Å². The van der Waals surface area contributed by atoms with Crippen LogP contribution < -0.4 is 5.32 Å². The van der Waals surface area contributed by atoms with Crippen molar-refractivity contribution in [3.05, 3.63) is 45.8 Å². The molecule has 0 spiro atoms. The van der Waals surface area contributed by atoms with Gasteiger partial charge in [-0.2, -0.15) is 4.31 Å². The van der Waals surface area contributed by atoms with Crippen LogP contribution >= 0.6 is 11.3 Å². The largest absolute Gasteiger partial charge is 0.339 e. The van der Waals surface area contributed by atoms with Gasteiger partial charge in [0.25, 0.3) is 11.8 Å². The lowest BCUT2D eigenvalue weighted by Crippen LogP contribution is -2.37. The molecule has 194 valence electrons. The third-order valence-electron chi connectivity index (χ3n) is 7.40. The molecule has 2 fully saturated rings. The number of nitrogens with one attached hydrogen (secondary N) is 1. The van der Waals surface area contributed by atoms with E-state index in [1.54, 1.807) is 12.1 Å². The second-order valence-corrected chi connectivity index (χ2v) is 13.0. The minimum absolute atomic E-state index is 0.00928. The average Bonchev–Trinajstić information content (AvgIpc) is 3.25. The fourth-order valence-corrected chi connectivity index (χ4v) is 8.14. The topological polar surface area (TPSA) is 90.0 Å². The molecule has 0 aliphatic carbocycles. The molecule has 8 nitrogen and oxygen atoms in total. The van der Waals surface area contributed by atoms with Crippen LogP contribution in [0.2, 0.25) is 0 Å². The van der Waals surface area contributed by atoms with Crippen molar-refractivity contribution in [3.8, 4) is 0 Å². The van der Waals surface area contributed by atoms with E-state index in [1.165, 1.54) is 27.8 Å². The first-order valence-corrected chi connectivity index (χ1v) is 15.1. The van der Waals surface area contributed by atoms with E-state index in [9.17, 15) is 18.0 Å². The molecule has 1 N–H and O–H groups in total. The molecule has 0 unspecified atom stereocenters. The van der Waals surface area contributed by atoms with Gasteiger partial charge in [-0.25, -0.2) is 8.42 Å². The highest BCUT2D eigenvalue weighted by molar-refractivity contribution is 7.89. The number of anilines is 1. The Morgan fingerprint density at radius 1 is 0.889 bits per heavy atom. The van der Waals surface area contributed by atoms with E-state index in [0.717, 1.165) is 81.6 Å². The van der Waals surface area contributed by atoms with Crippen molar-refractivity contribution in [2.75, 3.05) is 45.1 Å². The lowest BCUT2D eigenvalue weighted by atomic mass is 10.0. The highest BCUT2D eigenvalue weighted by atomic mass is 32.2. The number of nitrogens with zero attached hydrogens (tertiary/aromatic N) is 3. The molecule has 0 bridgehead atoms. The highest BCUT2D eigenvalue weighted by Gasteiger charge is 2.31. The summed E-state index contributed by atoms with van der Waals surface area (Å²) in [6.45, 7) is 4.23. The maximum Gasteiger partial charge on any atom is 0.257 e. The summed E-state index contributed by atoms with van der Waals surface area (Å²) < 4.78 is 27.4. The van der Waals surface area contributed by atoms with E-state index >= 15 is 0 Å². The quantitative estimate of drug-likeness (QED) is 0.635. The van der Waals surface area contributed by atoms with Gasteiger partial charge in [-0.1, -0.05) is 6.42 Å². The van der Waals surface area contributed by atoms with Gasteiger partial charge in [-0.15, -0.1) is 11.3 Å². The van der Waals surface area contributed by atoms with Crippen LogP contribution in [0.15, 0.2) is 29.2 Å². The van der Waals surface area contributed by atoms with Crippen LogP contribution in [0.5, 0.6) is 0 Å². The summed E-state index contributed by atoms with van der Waals surface area (Å²) >= 11 is 1.48. The number of piperidine rings is 2. The van der Waals surface area contributed by atoms with Gasteiger partial charge in [0, 0.05) is 49.7 Å². The van der Waals surface area contributed by atoms with E-state index in [1.807, 2.05) is 4.90 Å². The molecule has 2 amide bonds. The number of carbonyl (C=O) groups excluding carboxylic acids is 2. The molecule has 5 rings (SSSR count). The number of hydrogen-bond donors (Lipinski definition) is 1. The Morgan fingerprint density at radius 3 is 2.19 bits per heavy atom. The zero-order valence-electron chi connectivity index (χ0n) is 20.8. The molecular formula is C26H34N4O4S2. The van der Waals surface area contributed by atoms with Crippen molar-refractivity contribution in [3.63, 3.8) is 0 Å². The van der Waals surface area contributed by atoms with Gasteiger partial charge in [-0.3, -0.25) is 9.59 Å². The monoisotopic (exact) mass is 530 g/mol. The maximum absolute atomic E-state index is 13.6. The summed E-state index contributed by atoms with van der Waals surface area (Å²) in [6, 6.07) is 6.12. The van der Waals surface area contributed by atoms with Crippen molar-refractivity contribution in [1.29, 1.82) is 0 Å². The van der Waals surface area contributed by atoms with Crippen molar-refractivity contribution in [2.24, 2.45) is 0 Å². The molecule has 3 aliphatic rings. The van der Waals surface area contributed by atoms with E-state index in [2.05, 4.69) is 17.3 Å². The van der Waals surface area contributed by atoms with Crippen molar-refractivity contribution in [1.82, 2.24) is 14.1 Å². The Labute approximate surface area is 217 Å². The summed E-state index contributed by atoms with van der Waals surface area (Å²) in [4.78, 5) is 32.2.